The molecule has 1 aliphatic rings. The topological polar surface area (TPSA) is 34.0 Å². The molecule has 2 aromatic rings. The van der Waals surface area contributed by atoms with E-state index in [0.29, 0.717) is 6.04 Å². The third-order valence-corrected chi connectivity index (χ3v) is 4.57. The summed E-state index contributed by atoms with van der Waals surface area (Å²) in [5, 5.41) is 3.12. The van der Waals surface area contributed by atoms with E-state index in [4.69, 9.17) is 0 Å². The van der Waals surface area contributed by atoms with Gasteiger partial charge in [-0.2, -0.15) is 0 Å². The number of nitrogens with zero attached hydrogens (tertiary/aromatic N) is 1. The van der Waals surface area contributed by atoms with Crippen molar-refractivity contribution in [1.29, 1.82) is 0 Å². The van der Waals surface area contributed by atoms with Gasteiger partial charge in [0.2, 0.25) is 0 Å². The van der Waals surface area contributed by atoms with Crippen molar-refractivity contribution in [2.45, 2.75) is 52.6 Å². The maximum atomic E-state index is 12.6. The Hall–Kier alpha value is -2.03. The van der Waals surface area contributed by atoms with Crippen LogP contribution in [-0.2, 0) is 0 Å². The van der Waals surface area contributed by atoms with Crippen LogP contribution in [0, 0.1) is 20.8 Å². The molecule has 3 rings (SSSR count). The van der Waals surface area contributed by atoms with Crippen LogP contribution in [0.4, 0.5) is 0 Å². The minimum atomic E-state index is 0.0112. The standard InChI is InChI=1S/C19H24N2O/c1-12-5-7-16(8-6-12)14(3)20-19(22)18-11-13(2)21(15(18)4)17-9-10-17/h5-8,11,14,17H,9-10H2,1-4H3,(H,20,22). The average Bonchev–Trinajstić information content (AvgIpc) is 3.25. The Balaban J connectivity index is 1.77. The number of aryl methyl sites for hydroxylation is 2. The maximum Gasteiger partial charge on any atom is 0.253 e. The lowest BCUT2D eigenvalue weighted by Crippen LogP contribution is -2.27. The van der Waals surface area contributed by atoms with Crippen molar-refractivity contribution < 1.29 is 4.79 Å². The average molecular weight is 296 g/mol. The smallest absolute Gasteiger partial charge is 0.253 e. The summed E-state index contributed by atoms with van der Waals surface area (Å²) in [6, 6.07) is 11.0. The molecule has 1 atom stereocenters. The Morgan fingerprint density at radius 1 is 1.18 bits per heavy atom. The van der Waals surface area contributed by atoms with Crippen LogP contribution in [0.2, 0.25) is 0 Å². The molecule has 1 aromatic carbocycles. The van der Waals surface area contributed by atoms with E-state index in [9.17, 15) is 4.79 Å². The van der Waals surface area contributed by atoms with E-state index in [1.54, 1.807) is 0 Å². The van der Waals surface area contributed by atoms with Crippen molar-refractivity contribution in [3.05, 3.63) is 58.4 Å². The molecule has 1 saturated carbocycles. The first-order valence-corrected chi connectivity index (χ1v) is 8.03. The fraction of sp³-hybridized carbons (Fsp3) is 0.421. The van der Waals surface area contributed by atoms with E-state index in [1.165, 1.54) is 24.1 Å². The molecule has 1 N–H and O–H groups in total. The third kappa shape index (κ3) is 2.80. The minimum Gasteiger partial charge on any atom is -0.345 e. The highest BCUT2D eigenvalue weighted by Crippen LogP contribution is 2.38. The highest BCUT2D eigenvalue weighted by Gasteiger charge is 2.28. The van der Waals surface area contributed by atoms with Gasteiger partial charge in [-0.25, -0.2) is 0 Å². The van der Waals surface area contributed by atoms with E-state index >= 15 is 0 Å². The van der Waals surface area contributed by atoms with Crippen molar-refractivity contribution in [3.8, 4) is 0 Å². The van der Waals surface area contributed by atoms with E-state index in [1.807, 2.05) is 13.0 Å². The number of nitrogens with one attached hydrogen (secondary N) is 1. The molecule has 3 heteroatoms. The molecule has 0 aliphatic heterocycles. The van der Waals surface area contributed by atoms with Gasteiger partial charge in [0.25, 0.3) is 5.91 Å². The highest BCUT2D eigenvalue weighted by molar-refractivity contribution is 5.96. The van der Waals surface area contributed by atoms with Gasteiger partial charge in [0, 0.05) is 17.4 Å². The molecule has 3 nitrogen and oxygen atoms in total. The molecule has 1 heterocycles. The van der Waals surface area contributed by atoms with Crippen LogP contribution in [-0.4, -0.2) is 10.5 Å². The molecule has 1 amide bonds. The number of aromatic nitrogens is 1. The molecule has 1 fully saturated rings. The number of rotatable bonds is 4. The van der Waals surface area contributed by atoms with Crippen LogP contribution < -0.4 is 5.32 Å². The first-order chi connectivity index (χ1) is 10.5. The minimum absolute atomic E-state index is 0.0112. The maximum absolute atomic E-state index is 12.6. The van der Waals surface area contributed by atoms with E-state index in [0.717, 1.165) is 16.8 Å². The van der Waals surface area contributed by atoms with E-state index < -0.39 is 0 Å². The van der Waals surface area contributed by atoms with Crippen molar-refractivity contribution in [1.82, 2.24) is 9.88 Å². The summed E-state index contributed by atoms with van der Waals surface area (Å²) >= 11 is 0. The molecule has 1 unspecified atom stereocenters. The molecular formula is C19H24N2O. The summed E-state index contributed by atoms with van der Waals surface area (Å²) in [6.07, 6.45) is 2.47. The molecule has 0 spiro atoms. The largest absolute Gasteiger partial charge is 0.345 e. The lowest BCUT2D eigenvalue weighted by atomic mass is 10.1. The Bertz CT molecular complexity index is 693. The lowest BCUT2D eigenvalue weighted by Gasteiger charge is -2.15. The molecule has 0 bridgehead atoms. The second-order valence-electron chi connectivity index (χ2n) is 6.49. The van der Waals surface area contributed by atoms with Gasteiger partial charge >= 0.3 is 0 Å². The second kappa shape index (κ2) is 5.64. The number of hydrogen-bond donors (Lipinski definition) is 1. The van der Waals surface area contributed by atoms with Gasteiger partial charge in [-0.1, -0.05) is 29.8 Å². The van der Waals surface area contributed by atoms with Crippen LogP contribution in [0.5, 0.6) is 0 Å². The van der Waals surface area contributed by atoms with Crippen LogP contribution in [0.15, 0.2) is 30.3 Å². The Morgan fingerprint density at radius 2 is 1.82 bits per heavy atom. The van der Waals surface area contributed by atoms with Crippen molar-refractivity contribution in [3.63, 3.8) is 0 Å². The lowest BCUT2D eigenvalue weighted by molar-refractivity contribution is 0.0939. The number of amides is 1. The summed E-state index contributed by atoms with van der Waals surface area (Å²) in [5.41, 5.74) is 5.45. The monoisotopic (exact) mass is 296 g/mol. The molecule has 0 radical (unpaired) electrons. The van der Waals surface area contributed by atoms with Gasteiger partial charge in [0.1, 0.15) is 0 Å². The van der Waals surface area contributed by atoms with Gasteiger partial charge in [-0.15, -0.1) is 0 Å². The first-order valence-electron chi connectivity index (χ1n) is 8.03. The Kier molecular flexibility index (Phi) is 3.81. The van der Waals surface area contributed by atoms with Gasteiger partial charge in [0.15, 0.2) is 0 Å². The molecule has 116 valence electrons. The fourth-order valence-corrected chi connectivity index (χ4v) is 3.11. The number of carbonyl (C=O) groups excluding carboxylic acids is 1. The molecule has 1 aromatic heterocycles. The summed E-state index contributed by atoms with van der Waals surface area (Å²) in [5.74, 6) is 0.0214. The first kappa shape index (κ1) is 14.9. The summed E-state index contributed by atoms with van der Waals surface area (Å²) < 4.78 is 2.31. The molecule has 0 saturated heterocycles. The second-order valence-corrected chi connectivity index (χ2v) is 6.49. The third-order valence-electron chi connectivity index (χ3n) is 4.57. The van der Waals surface area contributed by atoms with Crippen LogP contribution >= 0.6 is 0 Å². The van der Waals surface area contributed by atoms with Crippen molar-refractivity contribution in [2.75, 3.05) is 0 Å². The van der Waals surface area contributed by atoms with Gasteiger partial charge < -0.3 is 9.88 Å². The van der Waals surface area contributed by atoms with Crippen molar-refractivity contribution >= 4 is 5.91 Å². The zero-order valence-electron chi connectivity index (χ0n) is 13.8. The quantitative estimate of drug-likeness (QED) is 0.899. The van der Waals surface area contributed by atoms with Crippen LogP contribution in [0.3, 0.4) is 0 Å². The molecule has 1 aliphatic carbocycles. The normalized spacial score (nSPS) is 15.6. The number of carbonyl (C=O) groups is 1. The zero-order chi connectivity index (χ0) is 15.9. The zero-order valence-corrected chi connectivity index (χ0v) is 13.8. The summed E-state index contributed by atoms with van der Waals surface area (Å²) in [7, 11) is 0. The molecular weight excluding hydrogens is 272 g/mol. The predicted molar refractivity (Wildman–Crippen MR) is 89.2 cm³/mol. The number of benzene rings is 1. The predicted octanol–water partition coefficient (Wildman–Crippen LogP) is 4.24. The SMILES string of the molecule is Cc1ccc(C(C)NC(=O)c2cc(C)n(C3CC3)c2C)cc1. The van der Waals surface area contributed by atoms with Crippen LogP contribution in [0.25, 0.3) is 0 Å². The highest BCUT2D eigenvalue weighted by atomic mass is 16.1. The summed E-state index contributed by atoms with van der Waals surface area (Å²) in [4.78, 5) is 12.6. The van der Waals surface area contributed by atoms with Crippen LogP contribution in [0.1, 0.15) is 64.7 Å². The van der Waals surface area contributed by atoms with Crippen molar-refractivity contribution in [2.24, 2.45) is 0 Å². The van der Waals surface area contributed by atoms with Gasteiger partial charge in [-0.3, -0.25) is 4.79 Å². The Morgan fingerprint density at radius 3 is 2.41 bits per heavy atom. The Labute approximate surface area is 132 Å². The summed E-state index contributed by atoms with van der Waals surface area (Å²) in [6.45, 7) is 8.24. The number of hydrogen-bond acceptors (Lipinski definition) is 1. The molecule has 22 heavy (non-hydrogen) atoms. The van der Waals surface area contributed by atoms with Gasteiger partial charge in [0.05, 0.1) is 11.6 Å². The fourth-order valence-electron chi connectivity index (χ4n) is 3.11. The van der Waals surface area contributed by atoms with E-state index in [2.05, 4.69) is 54.9 Å². The van der Waals surface area contributed by atoms with E-state index in [-0.39, 0.29) is 11.9 Å². The van der Waals surface area contributed by atoms with Gasteiger partial charge in [-0.05, 0) is 52.2 Å².